The lowest BCUT2D eigenvalue weighted by Crippen LogP contribution is -2.15. The monoisotopic (exact) mass is 284 g/mol. The van der Waals surface area contributed by atoms with E-state index >= 15 is 0 Å². The number of rotatable bonds is 2. The number of benzene rings is 2. The van der Waals surface area contributed by atoms with Crippen molar-refractivity contribution in [2.45, 2.75) is 0 Å². The number of hydrogen-bond donors (Lipinski definition) is 4. The van der Waals surface area contributed by atoms with E-state index in [1.54, 1.807) is 24.3 Å². The maximum atomic E-state index is 12.0. The second kappa shape index (κ2) is 4.75. The average Bonchev–Trinajstić information content (AvgIpc) is 2.75. The van der Waals surface area contributed by atoms with E-state index in [4.69, 9.17) is 0 Å². The fourth-order valence-electron chi connectivity index (χ4n) is 2.16. The average molecular weight is 284 g/mol. The van der Waals surface area contributed by atoms with Crippen LogP contribution in [0, 0.1) is 0 Å². The van der Waals surface area contributed by atoms with Gasteiger partial charge >= 0.3 is 5.69 Å². The summed E-state index contributed by atoms with van der Waals surface area (Å²) in [5.41, 5.74) is 0.848. The first-order chi connectivity index (χ1) is 10.1. The number of phenolic OH excluding ortho intramolecular Hbond substituents is 2. The van der Waals surface area contributed by atoms with Gasteiger partial charge in [-0.3, -0.25) is 9.55 Å². The quantitative estimate of drug-likeness (QED) is 0.578. The van der Waals surface area contributed by atoms with Crippen LogP contribution in [0.3, 0.4) is 0 Å². The molecule has 21 heavy (non-hydrogen) atoms. The highest BCUT2D eigenvalue weighted by molar-refractivity contribution is 5.68. The van der Waals surface area contributed by atoms with Crippen molar-refractivity contribution in [3.63, 3.8) is 0 Å². The van der Waals surface area contributed by atoms with Gasteiger partial charge in [-0.15, -0.1) is 0 Å². The minimum Gasteiger partial charge on any atom is -0.508 e. The van der Waals surface area contributed by atoms with E-state index in [1.165, 1.54) is 28.8 Å². The third-order valence-electron chi connectivity index (χ3n) is 3.12. The zero-order valence-electron chi connectivity index (χ0n) is 10.8. The second-order valence-corrected chi connectivity index (χ2v) is 4.53. The number of aromatic nitrogens is 2. The zero-order valence-corrected chi connectivity index (χ0v) is 10.8. The van der Waals surface area contributed by atoms with Crippen molar-refractivity contribution < 1.29 is 15.3 Å². The summed E-state index contributed by atoms with van der Waals surface area (Å²) in [5.74, 6) is -0.0937. The van der Waals surface area contributed by atoms with Crippen LogP contribution in [0.4, 0.5) is 0 Å². The number of H-pyrrole nitrogens is 1. The van der Waals surface area contributed by atoms with E-state index in [2.05, 4.69) is 4.98 Å². The van der Waals surface area contributed by atoms with Gasteiger partial charge in [-0.2, -0.15) is 0 Å². The molecular formula is C15H12N2O4. The molecule has 0 atom stereocenters. The molecule has 3 aromatic rings. The van der Waals surface area contributed by atoms with Gasteiger partial charge in [0.15, 0.2) is 0 Å². The molecule has 0 aliphatic rings. The summed E-state index contributed by atoms with van der Waals surface area (Å²) in [4.78, 5) is 14.4. The van der Waals surface area contributed by atoms with Crippen molar-refractivity contribution >= 4 is 0 Å². The fourth-order valence-corrected chi connectivity index (χ4v) is 2.16. The van der Waals surface area contributed by atoms with Gasteiger partial charge < -0.3 is 15.3 Å². The molecule has 0 unspecified atom stereocenters. The Morgan fingerprint density at radius 3 is 1.90 bits per heavy atom. The molecule has 0 radical (unpaired) electrons. The van der Waals surface area contributed by atoms with Crippen LogP contribution in [0.5, 0.6) is 17.4 Å². The maximum Gasteiger partial charge on any atom is 0.333 e. The summed E-state index contributed by atoms with van der Waals surface area (Å²) in [6.07, 6.45) is 0. The Morgan fingerprint density at radius 1 is 0.810 bits per heavy atom. The van der Waals surface area contributed by atoms with Crippen molar-refractivity contribution in [2.24, 2.45) is 0 Å². The molecule has 3 rings (SSSR count). The van der Waals surface area contributed by atoms with Crippen LogP contribution < -0.4 is 5.69 Å². The molecule has 0 saturated carbocycles. The number of aromatic hydroxyl groups is 3. The Labute approximate surface area is 119 Å². The summed E-state index contributed by atoms with van der Waals surface area (Å²) in [6.45, 7) is 0. The van der Waals surface area contributed by atoms with Crippen LogP contribution in [0.2, 0.25) is 0 Å². The summed E-state index contributed by atoms with van der Waals surface area (Å²) < 4.78 is 1.29. The molecule has 1 aromatic heterocycles. The summed E-state index contributed by atoms with van der Waals surface area (Å²) in [7, 11) is 0. The van der Waals surface area contributed by atoms with E-state index in [9.17, 15) is 20.1 Å². The highest BCUT2D eigenvalue weighted by atomic mass is 16.3. The molecule has 106 valence electrons. The Bertz CT molecular complexity index is 830. The van der Waals surface area contributed by atoms with Crippen LogP contribution in [-0.2, 0) is 0 Å². The minimum atomic E-state index is -0.499. The second-order valence-electron chi connectivity index (χ2n) is 4.53. The molecule has 0 aliphatic carbocycles. The van der Waals surface area contributed by atoms with Crippen LogP contribution in [0.25, 0.3) is 16.9 Å². The molecule has 0 spiro atoms. The van der Waals surface area contributed by atoms with Crippen LogP contribution in [-0.4, -0.2) is 24.9 Å². The fraction of sp³-hybridized carbons (Fsp3) is 0. The van der Waals surface area contributed by atoms with Gasteiger partial charge in [-0.25, -0.2) is 4.79 Å². The number of nitrogens with zero attached hydrogens (tertiary/aromatic N) is 1. The Hall–Kier alpha value is -3.15. The Balaban J connectivity index is 2.24. The lowest BCUT2D eigenvalue weighted by Gasteiger charge is -2.08. The predicted octanol–water partition coefficient (Wildman–Crippen LogP) is 1.95. The van der Waals surface area contributed by atoms with Crippen LogP contribution >= 0.6 is 0 Å². The smallest absolute Gasteiger partial charge is 0.333 e. The van der Waals surface area contributed by atoms with E-state index in [-0.39, 0.29) is 23.1 Å². The van der Waals surface area contributed by atoms with E-state index in [1.807, 2.05) is 0 Å². The molecule has 0 aliphatic heterocycles. The molecule has 6 nitrogen and oxygen atoms in total. The van der Waals surface area contributed by atoms with Crippen LogP contribution in [0.1, 0.15) is 0 Å². The van der Waals surface area contributed by atoms with Crippen molar-refractivity contribution in [3.05, 3.63) is 59.0 Å². The first kappa shape index (κ1) is 12.9. The summed E-state index contributed by atoms with van der Waals surface area (Å²) >= 11 is 0. The molecule has 0 saturated heterocycles. The van der Waals surface area contributed by atoms with Gasteiger partial charge in [-0.1, -0.05) is 0 Å². The molecule has 4 N–H and O–H groups in total. The van der Waals surface area contributed by atoms with Gasteiger partial charge in [0.05, 0.1) is 5.69 Å². The Kier molecular flexibility index (Phi) is 2.91. The highest BCUT2D eigenvalue weighted by Crippen LogP contribution is 2.30. The Morgan fingerprint density at radius 2 is 1.33 bits per heavy atom. The van der Waals surface area contributed by atoms with Crippen molar-refractivity contribution in [1.29, 1.82) is 0 Å². The largest absolute Gasteiger partial charge is 0.508 e. The molecule has 0 fully saturated rings. The van der Waals surface area contributed by atoms with Gasteiger partial charge in [0.1, 0.15) is 17.2 Å². The number of aromatic amines is 1. The SMILES string of the molecule is O=c1[nH]c(O)c(-c2ccc(O)cc2)n1-c1ccc(O)cc1. The standard InChI is InChI=1S/C15H12N2O4/c18-11-5-1-9(2-6-11)13-14(20)16-15(21)17(13)10-3-7-12(19)8-4-10/h1-8,18-20H,(H,16,21). The maximum absolute atomic E-state index is 12.0. The normalized spacial score (nSPS) is 10.7. The number of hydrogen-bond acceptors (Lipinski definition) is 4. The lowest BCUT2D eigenvalue weighted by molar-refractivity contribution is 0.457. The van der Waals surface area contributed by atoms with Crippen molar-refractivity contribution in [3.8, 4) is 34.3 Å². The molecular weight excluding hydrogens is 272 g/mol. The lowest BCUT2D eigenvalue weighted by atomic mass is 10.1. The van der Waals surface area contributed by atoms with E-state index < -0.39 is 5.69 Å². The number of phenols is 2. The molecule has 0 amide bonds. The van der Waals surface area contributed by atoms with Gasteiger partial charge in [0.25, 0.3) is 0 Å². The molecule has 2 aromatic carbocycles. The van der Waals surface area contributed by atoms with E-state index in [0.717, 1.165) is 0 Å². The zero-order chi connectivity index (χ0) is 15.0. The van der Waals surface area contributed by atoms with Gasteiger partial charge in [-0.05, 0) is 48.5 Å². The van der Waals surface area contributed by atoms with Crippen molar-refractivity contribution in [1.82, 2.24) is 9.55 Å². The predicted molar refractivity (Wildman–Crippen MR) is 76.8 cm³/mol. The topological polar surface area (TPSA) is 98.5 Å². The number of nitrogens with one attached hydrogen (secondary N) is 1. The molecule has 6 heteroatoms. The molecule has 1 heterocycles. The van der Waals surface area contributed by atoms with E-state index in [0.29, 0.717) is 11.3 Å². The first-order valence-corrected chi connectivity index (χ1v) is 6.19. The van der Waals surface area contributed by atoms with Gasteiger partial charge in [0, 0.05) is 5.56 Å². The highest BCUT2D eigenvalue weighted by Gasteiger charge is 2.16. The minimum absolute atomic E-state index is 0.0812. The molecule has 0 bridgehead atoms. The van der Waals surface area contributed by atoms with Crippen molar-refractivity contribution in [2.75, 3.05) is 0 Å². The first-order valence-electron chi connectivity index (χ1n) is 6.19. The summed E-state index contributed by atoms with van der Waals surface area (Å²) in [5, 5.41) is 28.6. The third kappa shape index (κ3) is 2.23. The number of imidazole rings is 1. The third-order valence-corrected chi connectivity index (χ3v) is 3.12. The van der Waals surface area contributed by atoms with Gasteiger partial charge in [0.2, 0.25) is 5.88 Å². The van der Waals surface area contributed by atoms with Crippen LogP contribution in [0.15, 0.2) is 53.3 Å². The summed E-state index contributed by atoms with van der Waals surface area (Å²) in [6, 6.07) is 12.1.